The van der Waals surface area contributed by atoms with Gasteiger partial charge < -0.3 is 10.6 Å². The second-order valence-electron chi connectivity index (χ2n) is 7.65. The van der Waals surface area contributed by atoms with E-state index in [2.05, 4.69) is 15.0 Å². The van der Waals surface area contributed by atoms with Crippen molar-refractivity contribution in [3.05, 3.63) is 28.7 Å². The van der Waals surface area contributed by atoms with Gasteiger partial charge in [0.2, 0.25) is 5.91 Å². The molecule has 2 aromatic rings. The number of likely N-dealkylation sites (tertiary alicyclic amines) is 1. The fourth-order valence-corrected chi connectivity index (χ4v) is 4.65. The number of aromatic nitrogens is 3. The van der Waals surface area contributed by atoms with Crippen molar-refractivity contribution < 1.29 is 9.59 Å². The predicted molar refractivity (Wildman–Crippen MR) is 96.8 cm³/mol. The van der Waals surface area contributed by atoms with Crippen LogP contribution in [0, 0.1) is 13.8 Å². The summed E-state index contributed by atoms with van der Waals surface area (Å²) in [5.41, 5.74) is 9.12. The van der Waals surface area contributed by atoms with Crippen LogP contribution in [-0.4, -0.2) is 43.4 Å². The van der Waals surface area contributed by atoms with Crippen molar-refractivity contribution in [2.45, 2.75) is 64.3 Å². The molecule has 7 heteroatoms. The van der Waals surface area contributed by atoms with Crippen molar-refractivity contribution in [2.75, 3.05) is 6.54 Å². The van der Waals surface area contributed by atoms with E-state index in [1.54, 1.807) is 4.52 Å². The van der Waals surface area contributed by atoms with Crippen LogP contribution in [0.15, 0.2) is 6.20 Å². The highest BCUT2D eigenvalue weighted by atomic mass is 16.2. The lowest BCUT2D eigenvalue weighted by atomic mass is 9.74. The van der Waals surface area contributed by atoms with E-state index in [1.807, 2.05) is 13.8 Å². The van der Waals surface area contributed by atoms with Crippen LogP contribution in [0.5, 0.6) is 0 Å². The van der Waals surface area contributed by atoms with Crippen molar-refractivity contribution in [3.8, 4) is 0 Å². The first-order valence-corrected chi connectivity index (χ1v) is 9.37. The first-order chi connectivity index (χ1) is 12.4. The fraction of sp³-hybridized carbons (Fsp3) is 0.579. The molecule has 3 heterocycles. The smallest absolute Gasteiger partial charge is 0.254 e. The Morgan fingerprint density at radius 1 is 1.23 bits per heavy atom. The SMILES string of the molecule is Cc1nc2c(C(N)=O)cnn2c(C)c1CCC(=O)N1CCCC12CCC2. The number of hydrogen-bond donors (Lipinski definition) is 1. The number of carbonyl (C=O) groups excluding carboxylic acids is 2. The quantitative estimate of drug-likeness (QED) is 0.907. The number of aryl methyl sites for hydroxylation is 2. The minimum atomic E-state index is -0.533. The molecule has 0 unspecified atom stereocenters. The second kappa shape index (κ2) is 6.07. The van der Waals surface area contributed by atoms with Crippen molar-refractivity contribution >= 4 is 17.5 Å². The molecule has 1 saturated carbocycles. The number of carbonyl (C=O) groups is 2. The lowest BCUT2D eigenvalue weighted by Crippen LogP contribution is -2.52. The highest BCUT2D eigenvalue weighted by Crippen LogP contribution is 2.45. The van der Waals surface area contributed by atoms with Gasteiger partial charge in [0, 0.05) is 29.9 Å². The highest BCUT2D eigenvalue weighted by molar-refractivity contribution is 5.98. The van der Waals surface area contributed by atoms with Crippen LogP contribution in [0.2, 0.25) is 0 Å². The Morgan fingerprint density at radius 3 is 2.62 bits per heavy atom. The third-order valence-corrected chi connectivity index (χ3v) is 6.24. The van der Waals surface area contributed by atoms with Gasteiger partial charge in [0.25, 0.3) is 5.91 Å². The van der Waals surface area contributed by atoms with Gasteiger partial charge in [0.15, 0.2) is 5.65 Å². The zero-order valence-corrected chi connectivity index (χ0v) is 15.4. The van der Waals surface area contributed by atoms with Gasteiger partial charge in [-0.25, -0.2) is 9.50 Å². The summed E-state index contributed by atoms with van der Waals surface area (Å²) in [7, 11) is 0. The molecule has 1 aliphatic heterocycles. The molecule has 1 aliphatic carbocycles. The first kappa shape index (κ1) is 17.0. The van der Waals surface area contributed by atoms with E-state index in [1.165, 1.54) is 12.6 Å². The molecule has 0 atom stereocenters. The molecule has 2 N–H and O–H groups in total. The van der Waals surface area contributed by atoms with Crippen molar-refractivity contribution in [1.82, 2.24) is 19.5 Å². The third-order valence-electron chi connectivity index (χ3n) is 6.24. The second-order valence-corrected chi connectivity index (χ2v) is 7.65. The lowest BCUT2D eigenvalue weighted by molar-refractivity contribution is -0.138. The minimum Gasteiger partial charge on any atom is -0.365 e. The molecular weight excluding hydrogens is 330 g/mol. The average Bonchev–Trinajstić information content (AvgIpc) is 3.18. The summed E-state index contributed by atoms with van der Waals surface area (Å²) in [4.78, 5) is 31.0. The molecule has 2 aromatic heterocycles. The van der Waals surface area contributed by atoms with Crippen LogP contribution >= 0.6 is 0 Å². The molecule has 7 nitrogen and oxygen atoms in total. The molecule has 0 aromatic carbocycles. The number of fused-ring (bicyclic) bond motifs is 1. The Balaban J connectivity index is 1.56. The van der Waals surface area contributed by atoms with Crippen molar-refractivity contribution in [1.29, 1.82) is 0 Å². The molecule has 4 rings (SSSR count). The first-order valence-electron chi connectivity index (χ1n) is 9.37. The topological polar surface area (TPSA) is 93.6 Å². The molecule has 2 amide bonds. The monoisotopic (exact) mass is 355 g/mol. The lowest BCUT2D eigenvalue weighted by Gasteiger charge is -2.46. The summed E-state index contributed by atoms with van der Waals surface area (Å²) >= 11 is 0. The summed E-state index contributed by atoms with van der Waals surface area (Å²) in [6, 6.07) is 0. The van der Waals surface area contributed by atoms with E-state index in [-0.39, 0.29) is 11.4 Å². The van der Waals surface area contributed by atoms with Gasteiger partial charge in [-0.2, -0.15) is 5.10 Å². The maximum absolute atomic E-state index is 12.8. The fourth-order valence-electron chi connectivity index (χ4n) is 4.65. The number of rotatable bonds is 4. The van der Waals surface area contributed by atoms with E-state index >= 15 is 0 Å². The van der Waals surface area contributed by atoms with E-state index in [0.29, 0.717) is 24.1 Å². The van der Waals surface area contributed by atoms with Gasteiger partial charge in [0.1, 0.15) is 5.56 Å². The normalized spacial score (nSPS) is 18.5. The van der Waals surface area contributed by atoms with Crippen LogP contribution in [0.3, 0.4) is 0 Å². The van der Waals surface area contributed by atoms with E-state index in [4.69, 9.17) is 5.73 Å². The number of amides is 2. The van der Waals surface area contributed by atoms with Crippen LogP contribution < -0.4 is 5.73 Å². The van der Waals surface area contributed by atoms with Gasteiger partial charge in [-0.05, 0) is 57.9 Å². The van der Waals surface area contributed by atoms with Gasteiger partial charge in [-0.1, -0.05) is 0 Å². The molecule has 2 aliphatic rings. The largest absolute Gasteiger partial charge is 0.365 e. The maximum Gasteiger partial charge on any atom is 0.254 e. The van der Waals surface area contributed by atoms with Gasteiger partial charge in [0.05, 0.1) is 6.20 Å². The molecule has 1 spiro atoms. The van der Waals surface area contributed by atoms with Crippen molar-refractivity contribution in [3.63, 3.8) is 0 Å². The zero-order valence-electron chi connectivity index (χ0n) is 15.4. The zero-order chi connectivity index (χ0) is 18.5. The molecule has 2 fully saturated rings. The number of primary amides is 1. The predicted octanol–water partition coefficient (Wildman–Crippen LogP) is 1.92. The highest BCUT2D eigenvalue weighted by Gasteiger charge is 2.47. The standard InChI is InChI=1S/C19H25N5O2/c1-12-14(13(2)24-18(22-12)15(11-21-24)17(20)26)5-6-16(25)23-10-4-9-19(23)7-3-8-19/h11H,3-10H2,1-2H3,(H2,20,26). The summed E-state index contributed by atoms with van der Waals surface area (Å²) in [5, 5.41) is 4.25. The van der Waals surface area contributed by atoms with Crippen LogP contribution in [0.1, 0.15) is 65.8 Å². The van der Waals surface area contributed by atoms with Gasteiger partial charge in [-0.3, -0.25) is 9.59 Å². The molecule has 0 radical (unpaired) electrons. The van der Waals surface area contributed by atoms with Crippen LogP contribution in [0.4, 0.5) is 0 Å². The summed E-state index contributed by atoms with van der Waals surface area (Å²) < 4.78 is 1.65. The maximum atomic E-state index is 12.8. The summed E-state index contributed by atoms with van der Waals surface area (Å²) in [5.74, 6) is -0.284. The summed E-state index contributed by atoms with van der Waals surface area (Å²) in [6.45, 7) is 4.76. The van der Waals surface area contributed by atoms with Gasteiger partial charge >= 0.3 is 0 Å². The molecule has 138 valence electrons. The van der Waals surface area contributed by atoms with Crippen LogP contribution in [0.25, 0.3) is 5.65 Å². The Bertz CT molecular complexity index is 897. The van der Waals surface area contributed by atoms with Crippen LogP contribution in [-0.2, 0) is 11.2 Å². The van der Waals surface area contributed by atoms with E-state index < -0.39 is 5.91 Å². The third kappa shape index (κ3) is 2.48. The molecule has 1 saturated heterocycles. The molecular formula is C19H25N5O2. The number of nitrogens with two attached hydrogens (primary N) is 1. The number of hydrogen-bond acceptors (Lipinski definition) is 4. The van der Waals surface area contributed by atoms with E-state index in [9.17, 15) is 9.59 Å². The molecule has 26 heavy (non-hydrogen) atoms. The van der Waals surface area contributed by atoms with Gasteiger partial charge in [-0.15, -0.1) is 0 Å². The Labute approximate surface area is 152 Å². The average molecular weight is 355 g/mol. The van der Waals surface area contributed by atoms with E-state index in [0.717, 1.165) is 49.2 Å². The minimum absolute atomic E-state index is 0.168. The molecule has 0 bridgehead atoms. The Morgan fingerprint density at radius 2 is 1.96 bits per heavy atom. The summed E-state index contributed by atoms with van der Waals surface area (Å²) in [6.07, 6.45) is 8.42. The number of nitrogens with zero attached hydrogens (tertiary/aromatic N) is 4. The van der Waals surface area contributed by atoms with Crippen molar-refractivity contribution in [2.24, 2.45) is 5.73 Å². The Kier molecular flexibility index (Phi) is 3.97. The Hall–Kier alpha value is -2.44.